The van der Waals surface area contributed by atoms with Crippen LogP contribution in [0.2, 0.25) is 0 Å². The maximum Gasteiger partial charge on any atom is 0.228 e. The minimum Gasteiger partial charge on any atom is -0.317 e. The summed E-state index contributed by atoms with van der Waals surface area (Å²) in [4.78, 5) is 16.7. The Morgan fingerprint density at radius 1 is 1.08 bits per heavy atom. The Morgan fingerprint density at radius 2 is 1.96 bits per heavy atom. The lowest BCUT2D eigenvalue weighted by Crippen LogP contribution is -2.34. The van der Waals surface area contributed by atoms with E-state index >= 15 is 0 Å². The van der Waals surface area contributed by atoms with E-state index in [-0.39, 0.29) is 11.8 Å². The molecular weight excluding hydrogens is 302 g/mol. The number of carbonyl (C=O) groups excluding carboxylic acids is 1. The molecule has 3 aromatic rings. The van der Waals surface area contributed by atoms with Crippen LogP contribution >= 0.6 is 0 Å². The van der Waals surface area contributed by atoms with E-state index in [0.717, 1.165) is 47.8 Å². The molecule has 0 saturated carbocycles. The van der Waals surface area contributed by atoms with Crippen LogP contribution in [0.5, 0.6) is 0 Å². The van der Waals surface area contributed by atoms with Crippen molar-refractivity contribution in [1.82, 2.24) is 20.5 Å². The second-order valence-corrected chi connectivity index (χ2v) is 6.13. The SMILES string of the molecule is O=C(Nc1cc2cc(-c3cn[nH]c3)ccc2cn1)C1CCNCC1. The number of anilines is 1. The van der Waals surface area contributed by atoms with E-state index < -0.39 is 0 Å². The molecule has 0 radical (unpaired) electrons. The molecule has 4 rings (SSSR count). The number of benzene rings is 1. The van der Waals surface area contributed by atoms with Gasteiger partial charge < -0.3 is 10.6 Å². The number of rotatable bonds is 3. The van der Waals surface area contributed by atoms with Gasteiger partial charge in [-0.3, -0.25) is 9.89 Å². The first-order valence-corrected chi connectivity index (χ1v) is 8.20. The van der Waals surface area contributed by atoms with Crippen molar-refractivity contribution in [1.29, 1.82) is 0 Å². The summed E-state index contributed by atoms with van der Waals surface area (Å²) >= 11 is 0. The average molecular weight is 321 g/mol. The number of amides is 1. The van der Waals surface area contributed by atoms with Gasteiger partial charge in [-0.1, -0.05) is 12.1 Å². The fourth-order valence-corrected chi connectivity index (χ4v) is 3.11. The summed E-state index contributed by atoms with van der Waals surface area (Å²) in [5.41, 5.74) is 2.12. The molecule has 1 saturated heterocycles. The Balaban J connectivity index is 1.58. The number of nitrogens with zero attached hydrogens (tertiary/aromatic N) is 2. The first kappa shape index (κ1) is 14.8. The molecule has 1 aliphatic rings. The molecule has 1 aliphatic heterocycles. The van der Waals surface area contributed by atoms with Gasteiger partial charge in [-0.05, 0) is 49.0 Å². The van der Waals surface area contributed by atoms with Crippen molar-refractivity contribution in [2.75, 3.05) is 18.4 Å². The Labute approximate surface area is 139 Å². The molecule has 122 valence electrons. The summed E-state index contributed by atoms with van der Waals surface area (Å²) in [6.07, 6.45) is 7.21. The molecule has 1 amide bonds. The molecule has 0 aliphatic carbocycles. The number of hydrogen-bond donors (Lipinski definition) is 3. The van der Waals surface area contributed by atoms with Gasteiger partial charge >= 0.3 is 0 Å². The van der Waals surface area contributed by atoms with E-state index in [1.54, 1.807) is 12.4 Å². The standard InChI is InChI=1S/C18H19N5O/c24-18(12-3-5-19-6-4-12)23-17-8-15-7-13(16-10-21-22-11-16)1-2-14(15)9-20-17/h1-2,7-12,19H,3-6H2,(H,21,22)(H,20,23,24). The Morgan fingerprint density at radius 3 is 2.75 bits per heavy atom. The van der Waals surface area contributed by atoms with Crippen molar-refractivity contribution >= 4 is 22.5 Å². The summed E-state index contributed by atoms with van der Waals surface area (Å²) in [6.45, 7) is 1.80. The summed E-state index contributed by atoms with van der Waals surface area (Å²) in [5, 5.41) is 15.1. The zero-order chi connectivity index (χ0) is 16.4. The molecule has 3 N–H and O–H groups in total. The topological polar surface area (TPSA) is 82.7 Å². The summed E-state index contributed by atoms with van der Waals surface area (Å²) in [6, 6.07) is 8.09. The largest absolute Gasteiger partial charge is 0.317 e. The van der Waals surface area contributed by atoms with Gasteiger partial charge in [0.15, 0.2) is 0 Å². The fourth-order valence-electron chi connectivity index (χ4n) is 3.11. The number of aromatic nitrogens is 3. The molecule has 3 heterocycles. The van der Waals surface area contributed by atoms with Crippen LogP contribution < -0.4 is 10.6 Å². The van der Waals surface area contributed by atoms with Crippen LogP contribution in [-0.4, -0.2) is 34.2 Å². The lowest BCUT2D eigenvalue weighted by atomic mass is 9.97. The number of piperidine rings is 1. The van der Waals surface area contributed by atoms with Gasteiger partial charge in [0.05, 0.1) is 6.20 Å². The van der Waals surface area contributed by atoms with Crippen LogP contribution in [0.1, 0.15) is 12.8 Å². The number of pyridine rings is 1. The monoisotopic (exact) mass is 321 g/mol. The van der Waals surface area contributed by atoms with E-state index in [1.807, 2.05) is 24.4 Å². The molecule has 0 atom stereocenters. The maximum atomic E-state index is 12.4. The summed E-state index contributed by atoms with van der Waals surface area (Å²) in [7, 11) is 0. The number of hydrogen-bond acceptors (Lipinski definition) is 4. The van der Waals surface area contributed by atoms with Crippen molar-refractivity contribution in [2.45, 2.75) is 12.8 Å². The second-order valence-electron chi connectivity index (χ2n) is 6.13. The predicted molar refractivity (Wildman–Crippen MR) is 93.5 cm³/mol. The van der Waals surface area contributed by atoms with Gasteiger partial charge in [0.25, 0.3) is 0 Å². The van der Waals surface area contributed by atoms with Crippen molar-refractivity contribution in [3.8, 4) is 11.1 Å². The molecule has 1 fully saturated rings. The quantitative estimate of drug-likeness (QED) is 0.692. The normalized spacial score (nSPS) is 15.5. The maximum absolute atomic E-state index is 12.4. The highest BCUT2D eigenvalue weighted by atomic mass is 16.1. The van der Waals surface area contributed by atoms with Crippen molar-refractivity contribution in [2.24, 2.45) is 5.92 Å². The minimum atomic E-state index is 0.0642. The minimum absolute atomic E-state index is 0.0642. The molecule has 6 nitrogen and oxygen atoms in total. The van der Waals surface area contributed by atoms with Crippen LogP contribution in [0.25, 0.3) is 21.9 Å². The van der Waals surface area contributed by atoms with Crippen molar-refractivity contribution in [3.63, 3.8) is 0 Å². The summed E-state index contributed by atoms with van der Waals surface area (Å²) < 4.78 is 0. The summed E-state index contributed by atoms with van der Waals surface area (Å²) in [5.74, 6) is 0.741. The van der Waals surface area contributed by atoms with Crippen LogP contribution in [0.4, 0.5) is 5.82 Å². The van der Waals surface area contributed by atoms with Gasteiger partial charge in [0, 0.05) is 29.3 Å². The van der Waals surface area contributed by atoms with E-state index in [4.69, 9.17) is 0 Å². The lowest BCUT2D eigenvalue weighted by molar-refractivity contribution is -0.120. The molecule has 2 aromatic heterocycles. The Kier molecular flexibility index (Phi) is 3.96. The first-order valence-electron chi connectivity index (χ1n) is 8.20. The van der Waals surface area contributed by atoms with Crippen LogP contribution in [0.3, 0.4) is 0 Å². The fraction of sp³-hybridized carbons (Fsp3) is 0.278. The molecule has 1 aromatic carbocycles. The highest BCUT2D eigenvalue weighted by Crippen LogP contribution is 2.25. The average Bonchev–Trinajstić information content (AvgIpc) is 3.16. The molecule has 0 unspecified atom stereocenters. The number of aromatic amines is 1. The smallest absolute Gasteiger partial charge is 0.228 e. The van der Waals surface area contributed by atoms with E-state index in [1.165, 1.54) is 0 Å². The molecule has 24 heavy (non-hydrogen) atoms. The van der Waals surface area contributed by atoms with Crippen LogP contribution in [0.15, 0.2) is 42.9 Å². The van der Waals surface area contributed by atoms with E-state index in [9.17, 15) is 4.79 Å². The third-order valence-electron chi connectivity index (χ3n) is 4.51. The molecule has 0 spiro atoms. The van der Waals surface area contributed by atoms with Gasteiger partial charge in [-0.25, -0.2) is 4.98 Å². The van der Waals surface area contributed by atoms with E-state index in [2.05, 4.69) is 31.9 Å². The third-order valence-corrected chi connectivity index (χ3v) is 4.51. The second kappa shape index (κ2) is 6.41. The van der Waals surface area contributed by atoms with Gasteiger partial charge in [0.1, 0.15) is 5.82 Å². The molecule has 6 heteroatoms. The first-order chi connectivity index (χ1) is 11.8. The lowest BCUT2D eigenvalue weighted by Gasteiger charge is -2.21. The van der Waals surface area contributed by atoms with Gasteiger partial charge in [-0.2, -0.15) is 5.10 Å². The highest BCUT2D eigenvalue weighted by Gasteiger charge is 2.21. The number of fused-ring (bicyclic) bond motifs is 1. The van der Waals surface area contributed by atoms with E-state index in [0.29, 0.717) is 5.82 Å². The van der Waals surface area contributed by atoms with Gasteiger partial charge in [0.2, 0.25) is 5.91 Å². The molecule has 0 bridgehead atoms. The zero-order valence-electron chi connectivity index (χ0n) is 13.2. The van der Waals surface area contributed by atoms with Crippen molar-refractivity contribution in [3.05, 3.63) is 42.9 Å². The number of carbonyl (C=O) groups is 1. The highest BCUT2D eigenvalue weighted by molar-refractivity contribution is 5.95. The predicted octanol–water partition coefficient (Wildman–Crippen LogP) is 2.56. The Hall–Kier alpha value is -2.73. The van der Waals surface area contributed by atoms with Gasteiger partial charge in [-0.15, -0.1) is 0 Å². The molecular formula is C18H19N5O. The van der Waals surface area contributed by atoms with Crippen LogP contribution in [0, 0.1) is 5.92 Å². The zero-order valence-corrected chi connectivity index (χ0v) is 13.2. The van der Waals surface area contributed by atoms with Crippen LogP contribution in [-0.2, 0) is 4.79 Å². The van der Waals surface area contributed by atoms with Crippen molar-refractivity contribution < 1.29 is 4.79 Å². The number of H-pyrrole nitrogens is 1. The third kappa shape index (κ3) is 3.00. The number of nitrogens with one attached hydrogen (secondary N) is 3. The Bertz CT molecular complexity index is 853.